The minimum atomic E-state index is -3.25. The summed E-state index contributed by atoms with van der Waals surface area (Å²) in [6, 6.07) is 15.8. The van der Waals surface area contributed by atoms with Crippen molar-refractivity contribution in [3.63, 3.8) is 0 Å². The van der Waals surface area contributed by atoms with E-state index in [1.54, 1.807) is 19.2 Å². The third-order valence-electron chi connectivity index (χ3n) is 6.02. The molecule has 10 heteroatoms. The molecule has 1 aliphatic heterocycles. The molecule has 0 spiro atoms. The zero-order chi connectivity index (χ0) is 27.5. The molecule has 1 atom stereocenters. The number of aliphatic carboxylic acids is 2. The predicted octanol–water partition coefficient (Wildman–Crippen LogP) is 4.67. The van der Waals surface area contributed by atoms with Crippen molar-refractivity contribution in [2.45, 2.75) is 41.0 Å². The number of alkyl halides is 1. The van der Waals surface area contributed by atoms with Crippen LogP contribution in [-0.4, -0.2) is 71.6 Å². The van der Waals surface area contributed by atoms with Crippen LogP contribution in [0.3, 0.4) is 0 Å². The third-order valence-corrected chi connectivity index (χ3v) is 9.06. The van der Waals surface area contributed by atoms with Gasteiger partial charge in [0.25, 0.3) is 0 Å². The van der Waals surface area contributed by atoms with E-state index in [4.69, 9.17) is 14.9 Å². The molecule has 0 amide bonds. The fourth-order valence-corrected chi connectivity index (χ4v) is 6.11. The molecule has 202 valence electrons. The number of carbonyl (C=O) groups is 2. The van der Waals surface area contributed by atoms with Crippen LogP contribution in [0.2, 0.25) is 0 Å². The van der Waals surface area contributed by atoms with Crippen LogP contribution in [0.15, 0.2) is 65.6 Å². The van der Waals surface area contributed by atoms with Gasteiger partial charge in [0.1, 0.15) is 0 Å². The smallest absolute Gasteiger partial charge is 0.328 e. The molecule has 1 aliphatic rings. The van der Waals surface area contributed by atoms with Crippen molar-refractivity contribution in [2.75, 3.05) is 32.6 Å². The van der Waals surface area contributed by atoms with Crippen LogP contribution in [0, 0.1) is 0 Å². The number of halogens is 1. The lowest BCUT2D eigenvalue weighted by Crippen LogP contribution is -2.36. The zero-order valence-corrected chi connectivity index (χ0v) is 24.1. The van der Waals surface area contributed by atoms with E-state index in [1.807, 2.05) is 12.1 Å². The van der Waals surface area contributed by atoms with E-state index in [2.05, 4.69) is 58.7 Å². The van der Waals surface area contributed by atoms with Gasteiger partial charge in [-0.2, -0.15) is 0 Å². The topological polar surface area (TPSA) is 121 Å². The number of hydrogen-bond acceptors (Lipinski definition) is 6. The maximum Gasteiger partial charge on any atom is 0.328 e. The van der Waals surface area contributed by atoms with Gasteiger partial charge >= 0.3 is 11.9 Å². The molecule has 1 unspecified atom stereocenters. The van der Waals surface area contributed by atoms with Crippen molar-refractivity contribution in [1.82, 2.24) is 4.90 Å². The van der Waals surface area contributed by atoms with Gasteiger partial charge in [0.2, 0.25) is 0 Å². The average Bonchev–Trinajstić information content (AvgIpc) is 3.20. The van der Waals surface area contributed by atoms with E-state index < -0.39 is 21.8 Å². The fraction of sp³-hybridized carbons (Fsp3) is 0.407. The standard InChI is InChI=1S/C23H30INO3S.C4H4O4/c1-23(24)14-3-15-25(23)16-13-19-5-7-20(8-6-19)21-9-11-22(12-10-21)29(26,27)18-4-17-28-2;5-3(6)1-2-4(7)8/h5-12H,3-4,13-18H2,1-2H3;1-2H,(H,5,6)(H,7,8). The number of carboxylic acid groups (broad SMARTS) is 2. The number of sulfone groups is 1. The lowest BCUT2D eigenvalue weighted by atomic mass is 10.0. The van der Waals surface area contributed by atoms with Crippen molar-refractivity contribution in [1.29, 1.82) is 0 Å². The maximum atomic E-state index is 12.4. The minimum absolute atomic E-state index is 0.113. The van der Waals surface area contributed by atoms with Gasteiger partial charge in [0.05, 0.1) is 14.2 Å². The quantitative estimate of drug-likeness (QED) is 0.119. The summed E-state index contributed by atoms with van der Waals surface area (Å²) in [5, 5.41) is 15.6. The highest BCUT2D eigenvalue weighted by atomic mass is 127. The first-order chi connectivity index (χ1) is 17.4. The highest BCUT2D eigenvalue weighted by molar-refractivity contribution is 14.1. The second kappa shape index (κ2) is 14.6. The van der Waals surface area contributed by atoms with Crippen LogP contribution in [0.4, 0.5) is 0 Å². The maximum absolute atomic E-state index is 12.4. The Balaban J connectivity index is 0.000000521. The first kappa shape index (κ1) is 30.9. The Morgan fingerprint density at radius 2 is 1.57 bits per heavy atom. The summed E-state index contributed by atoms with van der Waals surface area (Å²) in [5.74, 6) is -2.40. The number of ether oxygens (including phenoxy) is 1. The molecule has 1 heterocycles. The molecule has 0 aromatic heterocycles. The van der Waals surface area contributed by atoms with Gasteiger partial charge < -0.3 is 14.9 Å². The van der Waals surface area contributed by atoms with Crippen molar-refractivity contribution in [3.8, 4) is 11.1 Å². The SMILES string of the molecule is COCCCS(=O)(=O)c1ccc(-c2ccc(CCN3CCCC3(C)I)cc2)cc1.O=C(O)C=CC(=O)O. The molecule has 8 nitrogen and oxygen atoms in total. The first-order valence-corrected chi connectivity index (χ1v) is 14.7. The van der Waals surface area contributed by atoms with Gasteiger partial charge in [-0.15, -0.1) is 0 Å². The largest absolute Gasteiger partial charge is 0.478 e. The monoisotopic (exact) mass is 643 g/mol. The molecule has 0 saturated carbocycles. The van der Waals surface area contributed by atoms with Crippen molar-refractivity contribution < 1.29 is 33.0 Å². The van der Waals surface area contributed by atoms with E-state index in [1.165, 1.54) is 24.9 Å². The van der Waals surface area contributed by atoms with Crippen molar-refractivity contribution >= 4 is 44.4 Å². The molecular weight excluding hydrogens is 609 g/mol. The second-order valence-corrected chi connectivity index (χ2v) is 13.3. The molecule has 0 aliphatic carbocycles. The molecule has 1 saturated heterocycles. The van der Waals surface area contributed by atoms with Crippen LogP contribution in [-0.2, 0) is 30.6 Å². The first-order valence-electron chi connectivity index (χ1n) is 11.9. The van der Waals surface area contributed by atoms with E-state index in [9.17, 15) is 18.0 Å². The normalized spacial score (nSPS) is 17.9. The van der Waals surface area contributed by atoms with E-state index in [-0.39, 0.29) is 5.75 Å². The molecular formula is C27H34INO7S. The average molecular weight is 644 g/mol. The van der Waals surface area contributed by atoms with Crippen LogP contribution >= 0.6 is 22.6 Å². The lowest BCUT2D eigenvalue weighted by molar-refractivity contribution is -0.134. The number of rotatable bonds is 11. The van der Waals surface area contributed by atoms with Crippen LogP contribution < -0.4 is 0 Å². The summed E-state index contributed by atoms with van der Waals surface area (Å²) in [6.07, 6.45) is 5.24. The Labute approximate surface area is 232 Å². The fourth-order valence-electron chi connectivity index (χ4n) is 3.97. The van der Waals surface area contributed by atoms with Crippen LogP contribution in [0.25, 0.3) is 11.1 Å². The van der Waals surface area contributed by atoms with E-state index in [0.717, 1.165) is 24.1 Å². The predicted molar refractivity (Wildman–Crippen MR) is 152 cm³/mol. The summed E-state index contributed by atoms with van der Waals surface area (Å²) < 4.78 is 30.0. The van der Waals surface area contributed by atoms with E-state index >= 15 is 0 Å². The highest BCUT2D eigenvalue weighted by Crippen LogP contribution is 2.35. The Hall–Kier alpha value is -2.28. The van der Waals surface area contributed by atoms with Gasteiger partial charge in [-0.3, -0.25) is 4.90 Å². The summed E-state index contributed by atoms with van der Waals surface area (Å²) in [4.78, 5) is 22.1. The van der Waals surface area contributed by atoms with Crippen molar-refractivity contribution in [3.05, 3.63) is 66.2 Å². The minimum Gasteiger partial charge on any atom is -0.478 e. The summed E-state index contributed by atoms with van der Waals surface area (Å²) in [6.45, 7) is 5.07. The summed E-state index contributed by atoms with van der Waals surface area (Å²) in [5.41, 5.74) is 3.48. The molecule has 2 aromatic carbocycles. The number of likely N-dealkylation sites (tertiary alicyclic amines) is 1. The van der Waals surface area contributed by atoms with E-state index in [0.29, 0.717) is 33.6 Å². The Bertz CT molecular complexity index is 1140. The van der Waals surface area contributed by atoms with Crippen LogP contribution in [0.5, 0.6) is 0 Å². The summed E-state index contributed by atoms with van der Waals surface area (Å²) >= 11 is 2.58. The number of hydrogen-bond donors (Lipinski definition) is 2. The Morgan fingerprint density at radius 1 is 1.03 bits per heavy atom. The lowest BCUT2D eigenvalue weighted by Gasteiger charge is -2.29. The highest BCUT2D eigenvalue weighted by Gasteiger charge is 2.32. The molecule has 37 heavy (non-hydrogen) atoms. The Kier molecular flexibility index (Phi) is 12.2. The van der Waals surface area contributed by atoms with Gasteiger partial charge in [0.15, 0.2) is 9.84 Å². The zero-order valence-electron chi connectivity index (χ0n) is 21.1. The number of carboxylic acids is 2. The molecule has 2 N–H and O–H groups in total. The molecule has 1 fully saturated rings. The Morgan fingerprint density at radius 3 is 2.03 bits per heavy atom. The van der Waals surface area contributed by atoms with Gasteiger partial charge in [0, 0.05) is 32.4 Å². The van der Waals surface area contributed by atoms with Gasteiger partial charge in [-0.25, -0.2) is 18.0 Å². The molecule has 0 radical (unpaired) electrons. The number of methoxy groups -OCH3 is 1. The number of benzene rings is 2. The van der Waals surface area contributed by atoms with Gasteiger partial charge in [-0.05, 0) is 68.0 Å². The van der Waals surface area contributed by atoms with Gasteiger partial charge in [-0.1, -0.05) is 59.0 Å². The molecule has 2 aromatic rings. The van der Waals surface area contributed by atoms with Crippen molar-refractivity contribution in [2.24, 2.45) is 0 Å². The second-order valence-electron chi connectivity index (χ2n) is 8.88. The summed E-state index contributed by atoms with van der Waals surface area (Å²) in [7, 11) is -1.67. The molecule has 0 bridgehead atoms. The molecule has 3 rings (SSSR count). The number of nitrogens with zero attached hydrogens (tertiary/aromatic N) is 1. The third kappa shape index (κ3) is 10.5. The van der Waals surface area contributed by atoms with Crippen LogP contribution in [0.1, 0.15) is 31.7 Å².